The van der Waals surface area contributed by atoms with Crippen LogP contribution in [0.1, 0.15) is 55.7 Å². The summed E-state index contributed by atoms with van der Waals surface area (Å²) in [6, 6.07) is 7.74. The summed E-state index contributed by atoms with van der Waals surface area (Å²) < 4.78 is 1.71. The van der Waals surface area contributed by atoms with Crippen LogP contribution in [0.3, 0.4) is 0 Å². The molecule has 1 N–H and O–H groups in total. The van der Waals surface area contributed by atoms with Gasteiger partial charge >= 0.3 is 0 Å². The number of piperidine rings is 1. The standard InChI is InChI=1S/C23H29ClN4O2/c1-27-14-16(13-26-27)21-19(8-9-20(29)28(21)2)22(30)25-15-23(10-3-4-11-23)17-6-5-7-18(24)12-17/h5-7,12-14,19,21H,3-4,8-11,15H2,1-2H3,(H,25,30)/t19-,21+/m0/s1. The van der Waals surface area contributed by atoms with Crippen molar-refractivity contribution in [1.82, 2.24) is 20.0 Å². The van der Waals surface area contributed by atoms with Gasteiger partial charge in [-0.05, 0) is 37.0 Å². The Morgan fingerprint density at radius 2 is 2.07 bits per heavy atom. The van der Waals surface area contributed by atoms with Gasteiger partial charge < -0.3 is 10.2 Å². The van der Waals surface area contributed by atoms with Gasteiger partial charge in [-0.2, -0.15) is 5.10 Å². The van der Waals surface area contributed by atoms with E-state index in [1.165, 1.54) is 5.56 Å². The summed E-state index contributed by atoms with van der Waals surface area (Å²) in [4.78, 5) is 27.4. The van der Waals surface area contributed by atoms with E-state index in [9.17, 15) is 9.59 Å². The molecule has 7 heteroatoms. The van der Waals surface area contributed by atoms with Crippen molar-refractivity contribution in [3.8, 4) is 0 Å². The first-order valence-corrected chi connectivity index (χ1v) is 11.1. The summed E-state index contributed by atoms with van der Waals surface area (Å²) in [5, 5.41) is 8.23. The lowest BCUT2D eigenvalue weighted by atomic mass is 9.78. The molecule has 0 radical (unpaired) electrons. The minimum Gasteiger partial charge on any atom is -0.355 e. The largest absolute Gasteiger partial charge is 0.355 e. The first kappa shape index (κ1) is 20.9. The number of hydrogen-bond donors (Lipinski definition) is 1. The highest BCUT2D eigenvalue weighted by molar-refractivity contribution is 6.30. The Kier molecular flexibility index (Phi) is 5.87. The Morgan fingerprint density at radius 3 is 2.73 bits per heavy atom. The van der Waals surface area contributed by atoms with Crippen LogP contribution in [-0.2, 0) is 22.1 Å². The van der Waals surface area contributed by atoms with Crippen molar-refractivity contribution in [2.45, 2.75) is 50.0 Å². The summed E-state index contributed by atoms with van der Waals surface area (Å²) in [6.07, 6.45) is 8.99. The second-order valence-corrected chi connectivity index (χ2v) is 9.19. The van der Waals surface area contributed by atoms with Gasteiger partial charge in [0.25, 0.3) is 0 Å². The van der Waals surface area contributed by atoms with Crippen molar-refractivity contribution in [2.24, 2.45) is 13.0 Å². The number of nitrogens with one attached hydrogen (secondary N) is 1. The van der Waals surface area contributed by atoms with Crippen LogP contribution in [0, 0.1) is 5.92 Å². The molecule has 30 heavy (non-hydrogen) atoms. The molecule has 6 nitrogen and oxygen atoms in total. The molecule has 1 aromatic carbocycles. The van der Waals surface area contributed by atoms with Crippen LogP contribution < -0.4 is 5.32 Å². The van der Waals surface area contributed by atoms with Gasteiger partial charge in [0.15, 0.2) is 0 Å². The van der Waals surface area contributed by atoms with Gasteiger partial charge in [0, 0.05) is 49.3 Å². The summed E-state index contributed by atoms with van der Waals surface area (Å²) in [7, 11) is 3.63. The zero-order valence-corrected chi connectivity index (χ0v) is 18.4. The average Bonchev–Trinajstić information content (AvgIpc) is 3.38. The third-order valence-corrected chi connectivity index (χ3v) is 7.10. The Hall–Kier alpha value is -2.34. The molecule has 1 aliphatic heterocycles. The summed E-state index contributed by atoms with van der Waals surface area (Å²) in [6.45, 7) is 0.597. The number of aromatic nitrogens is 2. The van der Waals surface area contributed by atoms with E-state index in [-0.39, 0.29) is 29.2 Å². The molecule has 4 rings (SSSR count). The molecule has 2 heterocycles. The topological polar surface area (TPSA) is 67.2 Å². The molecule has 2 fully saturated rings. The van der Waals surface area contributed by atoms with Crippen LogP contribution in [0.2, 0.25) is 5.02 Å². The molecule has 0 bridgehead atoms. The second kappa shape index (κ2) is 8.42. The number of rotatable bonds is 5. The van der Waals surface area contributed by atoms with Gasteiger partial charge in [0.05, 0.1) is 18.2 Å². The lowest BCUT2D eigenvalue weighted by Crippen LogP contribution is -2.48. The van der Waals surface area contributed by atoms with E-state index in [1.54, 1.807) is 22.8 Å². The van der Waals surface area contributed by atoms with Gasteiger partial charge in [0.1, 0.15) is 0 Å². The SMILES string of the molecule is CN1C(=O)CC[C@H](C(=O)NCC2(c3cccc(Cl)c3)CCCC2)[C@H]1c1cnn(C)c1. The number of hydrogen-bond acceptors (Lipinski definition) is 3. The van der Waals surface area contributed by atoms with Crippen LogP contribution in [-0.4, -0.2) is 40.1 Å². The molecule has 1 aromatic heterocycles. The fourth-order valence-electron chi connectivity index (χ4n) is 5.19. The fraction of sp³-hybridized carbons (Fsp3) is 0.522. The second-order valence-electron chi connectivity index (χ2n) is 8.76. The Morgan fingerprint density at radius 1 is 1.30 bits per heavy atom. The van der Waals surface area contributed by atoms with Crippen LogP contribution in [0.5, 0.6) is 0 Å². The van der Waals surface area contributed by atoms with Crippen molar-refractivity contribution >= 4 is 23.4 Å². The van der Waals surface area contributed by atoms with Gasteiger partial charge in [0.2, 0.25) is 11.8 Å². The maximum Gasteiger partial charge on any atom is 0.225 e. The van der Waals surface area contributed by atoms with Crippen molar-refractivity contribution in [3.63, 3.8) is 0 Å². The van der Waals surface area contributed by atoms with E-state index in [0.717, 1.165) is 36.3 Å². The van der Waals surface area contributed by atoms with Crippen LogP contribution >= 0.6 is 11.6 Å². The highest BCUT2D eigenvalue weighted by Crippen LogP contribution is 2.42. The van der Waals surface area contributed by atoms with Gasteiger partial charge in [-0.25, -0.2) is 0 Å². The number of likely N-dealkylation sites (tertiary alicyclic amines) is 1. The van der Waals surface area contributed by atoms with Gasteiger partial charge in [-0.15, -0.1) is 0 Å². The molecule has 2 aliphatic rings. The zero-order chi connectivity index (χ0) is 21.3. The predicted octanol–water partition coefficient (Wildman–Crippen LogP) is 3.61. The number of benzene rings is 1. The summed E-state index contributed by atoms with van der Waals surface area (Å²) in [5.74, 6) is -0.203. The summed E-state index contributed by atoms with van der Waals surface area (Å²) >= 11 is 6.26. The number of amides is 2. The van der Waals surface area contributed by atoms with E-state index < -0.39 is 0 Å². The number of nitrogens with zero attached hydrogens (tertiary/aromatic N) is 3. The van der Waals surface area contributed by atoms with Crippen LogP contribution in [0.4, 0.5) is 0 Å². The molecule has 0 unspecified atom stereocenters. The van der Waals surface area contributed by atoms with E-state index in [1.807, 2.05) is 31.4 Å². The van der Waals surface area contributed by atoms with E-state index >= 15 is 0 Å². The van der Waals surface area contributed by atoms with Crippen LogP contribution in [0.25, 0.3) is 0 Å². The number of carbonyl (C=O) groups excluding carboxylic acids is 2. The first-order valence-electron chi connectivity index (χ1n) is 10.7. The predicted molar refractivity (Wildman–Crippen MR) is 116 cm³/mol. The van der Waals surface area contributed by atoms with Crippen molar-refractivity contribution < 1.29 is 9.59 Å². The monoisotopic (exact) mass is 428 g/mol. The molecule has 1 saturated heterocycles. The molecule has 2 aromatic rings. The molecule has 2 amide bonds. The molecular formula is C23H29ClN4O2. The quantitative estimate of drug-likeness (QED) is 0.791. The zero-order valence-electron chi connectivity index (χ0n) is 17.6. The number of carbonyl (C=O) groups is 2. The van der Waals surface area contributed by atoms with Crippen molar-refractivity contribution in [3.05, 3.63) is 52.8 Å². The minimum atomic E-state index is -0.286. The average molecular weight is 429 g/mol. The Bertz CT molecular complexity index is 935. The fourth-order valence-corrected chi connectivity index (χ4v) is 5.38. The van der Waals surface area contributed by atoms with Crippen molar-refractivity contribution in [1.29, 1.82) is 0 Å². The highest BCUT2D eigenvalue weighted by atomic mass is 35.5. The summed E-state index contributed by atoms with van der Waals surface area (Å²) in [5.41, 5.74) is 2.03. The third-order valence-electron chi connectivity index (χ3n) is 6.86. The lowest BCUT2D eigenvalue weighted by molar-refractivity contribution is -0.141. The number of halogens is 1. The Labute approximate surface area is 182 Å². The maximum atomic E-state index is 13.3. The molecule has 160 valence electrons. The van der Waals surface area contributed by atoms with Crippen molar-refractivity contribution in [2.75, 3.05) is 13.6 Å². The van der Waals surface area contributed by atoms with Gasteiger partial charge in [-0.1, -0.05) is 36.6 Å². The van der Waals surface area contributed by atoms with E-state index in [4.69, 9.17) is 11.6 Å². The normalized spacial score (nSPS) is 23.6. The van der Waals surface area contributed by atoms with E-state index in [2.05, 4.69) is 16.5 Å². The third kappa shape index (κ3) is 3.97. The molecule has 1 saturated carbocycles. The molecule has 2 atom stereocenters. The lowest BCUT2D eigenvalue weighted by Gasteiger charge is -2.38. The molecular weight excluding hydrogens is 400 g/mol. The Balaban J connectivity index is 1.53. The van der Waals surface area contributed by atoms with Crippen LogP contribution in [0.15, 0.2) is 36.7 Å². The van der Waals surface area contributed by atoms with E-state index in [0.29, 0.717) is 19.4 Å². The van der Waals surface area contributed by atoms with Gasteiger partial charge in [-0.3, -0.25) is 14.3 Å². The maximum absolute atomic E-state index is 13.3. The highest BCUT2D eigenvalue weighted by Gasteiger charge is 2.41. The molecule has 1 aliphatic carbocycles. The number of aryl methyl sites for hydroxylation is 1. The first-order chi connectivity index (χ1) is 14.4. The smallest absolute Gasteiger partial charge is 0.225 e. The molecule has 0 spiro atoms. The minimum absolute atomic E-state index is 0.0107.